The third kappa shape index (κ3) is 3.41. The summed E-state index contributed by atoms with van der Waals surface area (Å²) in [6.45, 7) is 7.98. The van der Waals surface area contributed by atoms with Gasteiger partial charge in [0.15, 0.2) is 5.82 Å². The summed E-state index contributed by atoms with van der Waals surface area (Å²) in [5.74, 6) is 0.809. The van der Waals surface area contributed by atoms with E-state index in [9.17, 15) is 0 Å². The predicted octanol–water partition coefficient (Wildman–Crippen LogP) is 1.14. The Morgan fingerprint density at radius 1 is 1.11 bits per heavy atom. The lowest BCUT2D eigenvalue weighted by Crippen LogP contribution is -2.19. The second kappa shape index (κ2) is 5.13. The van der Waals surface area contributed by atoms with Gasteiger partial charge in [0.05, 0.1) is 12.2 Å². The molecule has 19 heavy (non-hydrogen) atoms. The van der Waals surface area contributed by atoms with Gasteiger partial charge < -0.3 is 5.32 Å². The van der Waals surface area contributed by atoms with E-state index in [0.717, 1.165) is 18.1 Å². The summed E-state index contributed by atoms with van der Waals surface area (Å²) in [6, 6.07) is 0. The molecule has 0 radical (unpaired) electrons. The Bertz CT molecular complexity index is 546. The van der Waals surface area contributed by atoms with Crippen molar-refractivity contribution in [2.24, 2.45) is 14.1 Å². The van der Waals surface area contributed by atoms with Crippen LogP contribution >= 0.6 is 0 Å². The quantitative estimate of drug-likeness (QED) is 0.897. The molecule has 0 aliphatic rings. The van der Waals surface area contributed by atoms with Crippen LogP contribution in [0.4, 0.5) is 0 Å². The molecule has 0 saturated carbocycles. The van der Waals surface area contributed by atoms with Crippen molar-refractivity contribution in [1.29, 1.82) is 0 Å². The maximum atomic E-state index is 4.55. The van der Waals surface area contributed by atoms with E-state index in [2.05, 4.69) is 47.5 Å². The predicted molar refractivity (Wildman–Crippen MR) is 73.5 cm³/mol. The molecule has 0 fully saturated rings. The van der Waals surface area contributed by atoms with E-state index in [1.807, 2.05) is 18.8 Å². The van der Waals surface area contributed by atoms with Crippen molar-refractivity contribution >= 4 is 0 Å². The Balaban J connectivity index is 2.00. The summed E-state index contributed by atoms with van der Waals surface area (Å²) in [5.41, 5.74) is 2.42. The summed E-state index contributed by atoms with van der Waals surface area (Å²) >= 11 is 0. The van der Waals surface area contributed by atoms with E-state index in [-0.39, 0.29) is 5.41 Å². The molecule has 0 bridgehead atoms. The number of aromatic nitrogens is 5. The standard InChI is InChI=1S/C13H22N6/c1-13(2,3)12-10(8-18(4)17-12)6-14-7-11-15-9-19(5)16-11/h8-9,14H,6-7H2,1-5H3. The summed E-state index contributed by atoms with van der Waals surface area (Å²) in [4.78, 5) is 4.19. The second-order valence-corrected chi connectivity index (χ2v) is 5.86. The van der Waals surface area contributed by atoms with Crippen molar-refractivity contribution in [3.8, 4) is 0 Å². The fourth-order valence-corrected chi connectivity index (χ4v) is 2.07. The van der Waals surface area contributed by atoms with Crippen LogP contribution in [0.15, 0.2) is 12.5 Å². The average Bonchev–Trinajstić information content (AvgIpc) is 2.85. The summed E-state index contributed by atoms with van der Waals surface area (Å²) in [7, 11) is 3.83. The van der Waals surface area contributed by atoms with Gasteiger partial charge in [-0.25, -0.2) is 4.98 Å². The van der Waals surface area contributed by atoms with Gasteiger partial charge in [0.1, 0.15) is 6.33 Å². The van der Waals surface area contributed by atoms with Crippen LogP contribution in [0.3, 0.4) is 0 Å². The van der Waals surface area contributed by atoms with E-state index < -0.39 is 0 Å². The summed E-state index contributed by atoms with van der Waals surface area (Å²) in [5, 5.41) is 12.2. The van der Waals surface area contributed by atoms with Gasteiger partial charge in [0, 0.05) is 37.8 Å². The molecular formula is C13H22N6. The lowest BCUT2D eigenvalue weighted by atomic mass is 9.89. The number of hydrogen-bond acceptors (Lipinski definition) is 4. The molecule has 0 aromatic carbocycles. The Labute approximate surface area is 113 Å². The number of hydrogen-bond donors (Lipinski definition) is 1. The number of rotatable bonds is 4. The third-order valence-corrected chi connectivity index (χ3v) is 2.86. The largest absolute Gasteiger partial charge is 0.306 e. The van der Waals surface area contributed by atoms with Crippen molar-refractivity contribution in [3.63, 3.8) is 0 Å². The molecule has 0 aliphatic heterocycles. The van der Waals surface area contributed by atoms with Crippen LogP contribution in [0.5, 0.6) is 0 Å². The molecule has 1 N–H and O–H groups in total. The second-order valence-electron chi connectivity index (χ2n) is 5.86. The van der Waals surface area contributed by atoms with Crippen LogP contribution in [0, 0.1) is 0 Å². The Hall–Kier alpha value is -1.69. The molecule has 0 saturated heterocycles. The van der Waals surface area contributed by atoms with Gasteiger partial charge >= 0.3 is 0 Å². The smallest absolute Gasteiger partial charge is 0.164 e. The van der Waals surface area contributed by atoms with Gasteiger partial charge in [-0.2, -0.15) is 10.2 Å². The van der Waals surface area contributed by atoms with Crippen LogP contribution < -0.4 is 5.32 Å². The summed E-state index contributed by atoms with van der Waals surface area (Å²) < 4.78 is 3.58. The third-order valence-electron chi connectivity index (χ3n) is 2.86. The maximum Gasteiger partial charge on any atom is 0.164 e. The molecule has 0 spiro atoms. The number of nitrogens with one attached hydrogen (secondary N) is 1. The van der Waals surface area contributed by atoms with Crippen molar-refractivity contribution < 1.29 is 0 Å². The monoisotopic (exact) mass is 262 g/mol. The van der Waals surface area contributed by atoms with E-state index in [1.165, 1.54) is 5.56 Å². The zero-order chi connectivity index (χ0) is 14.0. The van der Waals surface area contributed by atoms with E-state index >= 15 is 0 Å². The van der Waals surface area contributed by atoms with Gasteiger partial charge in [-0.15, -0.1) is 0 Å². The highest BCUT2D eigenvalue weighted by Gasteiger charge is 2.21. The van der Waals surface area contributed by atoms with E-state index in [0.29, 0.717) is 6.54 Å². The fraction of sp³-hybridized carbons (Fsp3) is 0.615. The minimum absolute atomic E-state index is 0.0571. The van der Waals surface area contributed by atoms with E-state index in [1.54, 1.807) is 11.0 Å². The molecule has 2 aromatic heterocycles. The van der Waals surface area contributed by atoms with Gasteiger partial charge in [-0.1, -0.05) is 20.8 Å². The van der Waals surface area contributed by atoms with Crippen LogP contribution in [-0.2, 0) is 32.6 Å². The van der Waals surface area contributed by atoms with Crippen LogP contribution in [0.1, 0.15) is 37.9 Å². The highest BCUT2D eigenvalue weighted by Crippen LogP contribution is 2.23. The minimum atomic E-state index is 0.0571. The highest BCUT2D eigenvalue weighted by atomic mass is 15.3. The fourth-order valence-electron chi connectivity index (χ4n) is 2.07. The van der Waals surface area contributed by atoms with Gasteiger partial charge in [0.2, 0.25) is 0 Å². The lowest BCUT2D eigenvalue weighted by Gasteiger charge is -2.17. The first kappa shape index (κ1) is 13.7. The Morgan fingerprint density at radius 2 is 1.84 bits per heavy atom. The minimum Gasteiger partial charge on any atom is -0.306 e. The highest BCUT2D eigenvalue weighted by molar-refractivity contribution is 5.23. The van der Waals surface area contributed by atoms with Crippen LogP contribution in [0.2, 0.25) is 0 Å². The molecule has 0 atom stereocenters. The van der Waals surface area contributed by atoms with Crippen LogP contribution in [0.25, 0.3) is 0 Å². The first-order valence-electron chi connectivity index (χ1n) is 6.44. The van der Waals surface area contributed by atoms with Crippen molar-refractivity contribution in [2.45, 2.75) is 39.3 Å². The maximum absolute atomic E-state index is 4.55. The van der Waals surface area contributed by atoms with Gasteiger partial charge in [-0.3, -0.25) is 9.36 Å². The molecular weight excluding hydrogens is 240 g/mol. The number of nitrogens with zero attached hydrogens (tertiary/aromatic N) is 5. The Morgan fingerprint density at radius 3 is 2.42 bits per heavy atom. The van der Waals surface area contributed by atoms with Crippen molar-refractivity contribution in [2.75, 3.05) is 0 Å². The Kier molecular flexibility index (Phi) is 3.71. The first-order valence-corrected chi connectivity index (χ1v) is 6.44. The summed E-state index contributed by atoms with van der Waals surface area (Å²) in [6.07, 6.45) is 3.78. The SMILES string of the molecule is Cn1cnc(CNCc2cn(C)nc2C(C)(C)C)n1. The molecule has 0 aliphatic carbocycles. The lowest BCUT2D eigenvalue weighted by molar-refractivity contribution is 0.542. The molecule has 2 rings (SSSR count). The molecule has 0 unspecified atom stereocenters. The molecule has 104 valence electrons. The molecule has 0 amide bonds. The van der Waals surface area contributed by atoms with Gasteiger partial charge in [-0.05, 0) is 0 Å². The molecule has 2 heterocycles. The van der Waals surface area contributed by atoms with Crippen molar-refractivity contribution in [1.82, 2.24) is 29.9 Å². The first-order chi connectivity index (χ1) is 8.86. The molecule has 6 heteroatoms. The molecule has 2 aromatic rings. The van der Waals surface area contributed by atoms with Crippen molar-refractivity contribution in [3.05, 3.63) is 29.6 Å². The van der Waals surface area contributed by atoms with Crippen LogP contribution in [-0.4, -0.2) is 24.5 Å². The average molecular weight is 262 g/mol. The normalized spacial score (nSPS) is 12.1. The number of aryl methyl sites for hydroxylation is 2. The van der Waals surface area contributed by atoms with Gasteiger partial charge in [0.25, 0.3) is 0 Å². The molecule has 6 nitrogen and oxygen atoms in total. The zero-order valence-electron chi connectivity index (χ0n) is 12.3. The topological polar surface area (TPSA) is 60.6 Å². The van der Waals surface area contributed by atoms with E-state index in [4.69, 9.17) is 0 Å². The zero-order valence-corrected chi connectivity index (χ0v) is 12.3.